The lowest BCUT2D eigenvalue weighted by Gasteiger charge is -2.32. The van der Waals surface area contributed by atoms with Crippen molar-refractivity contribution in [2.45, 2.75) is 23.8 Å². The number of piperidine rings is 1. The first-order valence-electron chi connectivity index (χ1n) is 8.28. The minimum absolute atomic E-state index is 0.232. The van der Waals surface area contributed by atoms with E-state index in [2.05, 4.69) is 9.97 Å². The fourth-order valence-electron chi connectivity index (χ4n) is 2.84. The zero-order valence-electron chi connectivity index (χ0n) is 14.7. The number of anilines is 1. The fraction of sp³-hybridized carbons (Fsp3) is 0.412. The highest BCUT2D eigenvalue weighted by atomic mass is 35.5. The van der Waals surface area contributed by atoms with Gasteiger partial charge in [-0.25, -0.2) is 18.4 Å². The standard InChI is InChI=1S/C17H21ClN4O3S/c1-21(2)16-17(20-10-9-19-16)25-14-4-3-11-22(12-14)26(23,24)15-7-5-13(18)6-8-15/h5-10,14H,3-4,11-12H2,1-2H3. The molecule has 3 rings (SSSR count). The molecule has 1 aromatic carbocycles. The number of ether oxygens (including phenoxy) is 1. The van der Waals surface area contributed by atoms with Gasteiger partial charge < -0.3 is 9.64 Å². The van der Waals surface area contributed by atoms with Crippen LogP contribution in [0.1, 0.15) is 12.8 Å². The summed E-state index contributed by atoms with van der Waals surface area (Å²) in [5, 5.41) is 0.502. The van der Waals surface area contributed by atoms with E-state index in [0.29, 0.717) is 23.3 Å². The molecule has 140 valence electrons. The Labute approximate surface area is 158 Å². The van der Waals surface area contributed by atoms with Crippen molar-refractivity contribution in [1.29, 1.82) is 0 Å². The fourth-order valence-corrected chi connectivity index (χ4v) is 4.48. The molecule has 2 heterocycles. The molecule has 1 atom stereocenters. The van der Waals surface area contributed by atoms with Crippen LogP contribution >= 0.6 is 11.6 Å². The molecule has 1 saturated heterocycles. The molecule has 1 fully saturated rings. The molecule has 7 nitrogen and oxygen atoms in total. The van der Waals surface area contributed by atoms with Crippen LogP contribution in [0.2, 0.25) is 5.02 Å². The van der Waals surface area contributed by atoms with Gasteiger partial charge in [0.2, 0.25) is 10.0 Å². The number of halogens is 1. The highest BCUT2D eigenvalue weighted by molar-refractivity contribution is 7.89. The zero-order valence-corrected chi connectivity index (χ0v) is 16.2. The van der Waals surface area contributed by atoms with Crippen molar-refractivity contribution in [3.63, 3.8) is 0 Å². The van der Waals surface area contributed by atoms with Crippen molar-refractivity contribution >= 4 is 27.4 Å². The Morgan fingerprint density at radius 1 is 1.19 bits per heavy atom. The van der Waals surface area contributed by atoms with Crippen LogP contribution in [0, 0.1) is 0 Å². The van der Waals surface area contributed by atoms with Gasteiger partial charge in [-0.2, -0.15) is 4.31 Å². The van der Waals surface area contributed by atoms with E-state index in [1.165, 1.54) is 16.4 Å². The number of aromatic nitrogens is 2. The predicted octanol–water partition coefficient (Wildman–Crippen LogP) is 2.43. The third-order valence-electron chi connectivity index (χ3n) is 4.14. The van der Waals surface area contributed by atoms with Gasteiger partial charge in [0.05, 0.1) is 11.4 Å². The van der Waals surface area contributed by atoms with Crippen molar-refractivity contribution < 1.29 is 13.2 Å². The van der Waals surface area contributed by atoms with Gasteiger partial charge in [-0.3, -0.25) is 0 Å². The number of rotatable bonds is 5. The Bertz CT molecular complexity index is 859. The molecule has 1 unspecified atom stereocenters. The molecule has 2 aromatic rings. The number of sulfonamides is 1. The zero-order chi connectivity index (χ0) is 18.7. The van der Waals surface area contributed by atoms with E-state index in [4.69, 9.17) is 16.3 Å². The monoisotopic (exact) mass is 396 g/mol. The number of nitrogens with zero attached hydrogens (tertiary/aromatic N) is 4. The van der Waals surface area contributed by atoms with E-state index in [0.717, 1.165) is 12.8 Å². The molecule has 0 spiro atoms. The van der Waals surface area contributed by atoms with Gasteiger partial charge in [0.15, 0.2) is 5.82 Å². The minimum Gasteiger partial charge on any atom is -0.470 e. The van der Waals surface area contributed by atoms with E-state index in [1.807, 2.05) is 19.0 Å². The van der Waals surface area contributed by atoms with Gasteiger partial charge in [-0.1, -0.05) is 11.6 Å². The summed E-state index contributed by atoms with van der Waals surface area (Å²) in [5.41, 5.74) is 0. The summed E-state index contributed by atoms with van der Waals surface area (Å²) in [6.07, 6.45) is 4.36. The molecular weight excluding hydrogens is 376 g/mol. The summed E-state index contributed by atoms with van der Waals surface area (Å²) in [6, 6.07) is 6.20. The molecule has 1 aromatic heterocycles. The second-order valence-corrected chi connectivity index (χ2v) is 8.65. The molecule has 0 bridgehead atoms. The second kappa shape index (κ2) is 7.77. The quantitative estimate of drug-likeness (QED) is 0.772. The predicted molar refractivity (Wildman–Crippen MR) is 100 cm³/mol. The average molecular weight is 397 g/mol. The molecule has 26 heavy (non-hydrogen) atoms. The van der Waals surface area contributed by atoms with Crippen molar-refractivity contribution in [2.75, 3.05) is 32.1 Å². The van der Waals surface area contributed by atoms with Gasteiger partial charge in [-0.15, -0.1) is 0 Å². The van der Waals surface area contributed by atoms with Crippen LogP contribution in [0.25, 0.3) is 0 Å². The normalized spacial score (nSPS) is 18.5. The Morgan fingerprint density at radius 3 is 2.58 bits per heavy atom. The number of hydrogen-bond donors (Lipinski definition) is 0. The van der Waals surface area contributed by atoms with E-state index in [1.54, 1.807) is 24.5 Å². The SMILES string of the molecule is CN(C)c1nccnc1OC1CCCN(S(=O)(=O)c2ccc(Cl)cc2)C1. The summed E-state index contributed by atoms with van der Waals surface area (Å²) in [6.45, 7) is 0.736. The third kappa shape index (κ3) is 4.08. The highest BCUT2D eigenvalue weighted by Crippen LogP contribution is 2.27. The van der Waals surface area contributed by atoms with Crippen molar-refractivity contribution in [3.8, 4) is 5.88 Å². The van der Waals surface area contributed by atoms with Crippen LogP contribution < -0.4 is 9.64 Å². The van der Waals surface area contributed by atoms with Gasteiger partial charge in [0.25, 0.3) is 5.88 Å². The molecule has 0 N–H and O–H groups in total. The van der Waals surface area contributed by atoms with E-state index in [9.17, 15) is 8.42 Å². The Hall–Kier alpha value is -1.90. The average Bonchev–Trinajstić information content (AvgIpc) is 2.62. The van der Waals surface area contributed by atoms with Crippen molar-refractivity contribution in [3.05, 3.63) is 41.7 Å². The smallest absolute Gasteiger partial charge is 0.257 e. The Kier molecular flexibility index (Phi) is 5.64. The van der Waals surface area contributed by atoms with Crippen molar-refractivity contribution in [1.82, 2.24) is 14.3 Å². The molecule has 1 aliphatic heterocycles. The van der Waals surface area contributed by atoms with Crippen molar-refractivity contribution in [2.24, 2.45) is 0 Å². The maximum absolute atomic E-state index is 12.9. The Morgan fingerprint density at radius 2 is 1.88 bits per heavy atom. The van der Waals surface area contributed by atoms with E-state index in [-0.39, 0.29) is 17.5 Å². The van der Waals surface area contributed by atoms with Crippen LogP contribution in [0.15, 0.2) is 41.6 Å². The van der Waals surface area contributed by atoms with Gasteiger partial charge in [0.1, 0.15) is 6.10 Å². The Balaban J connectivity index is 1.76. The maximum atomic E-state index is 12.9. The van der Waals surface area contributed by atoms with Gasteiger partial charge in [0, 0.05) is 38.1 Å². The highest BCUT2D eigenvalue weighted by Gasteiger charge is 2.31. The van der Waals surface area contributed by atoms with Gasteiger partial charge >= 0.3 is 0 Å². The molecule has 9 heteroatoms. The molecule has 0 amide bonds. The number of benzene rings is 1. The van der Waals surface area contributed by atoms with E-state index < -0.39 is 10.0 Å². The molecular formula is C17H21ClN4O3S. The summed E-state index contributed by atoms with van der Waals surface area (Å²) in [7, 11) is 0.130. The van der Waals surface area contributed by atoms with Crippen LogP contribution in [0.4, 0.5) is 5.82 Å². The van der Waals surface area contributed by atoms with Crippen LogP contribution in [-0.4, -0.2) is 56.0 Å². The van der Waals surface area contributed by atoms with Crippen LogP contribution in [0.3, 0.4) is 0 Å². The first-order chi connectivity index (χ1) is 12.4. The maximum Gasteiger partial charge on any atom is 0.257 e. The molecule has 1 aliphatic rings. The lowest BCUT2D eigenvalue weighted by Crippen LogP contribution is -2.44. The molecule has 0 radical (unpaired) electrons. The van der Waals surface area contributed by atoms with Gasteiger partial charge in [-0.05, 0) is 37.1 Å². The largest absolute Gasteiger partial charge is 0.470 e. The minimum atomic E-state index is -3.58. The summed E-state index contributed by atoms with van der Waals surface area (Å²) >= 11 is 5.86. The van der Waals surface area contributed by atoms with Crippen LogP contribution in [0.5, 0.6) is 5.88 Å². The molecule has 0 saturated carbocycles. The number of hydrogen-bond acceptors (Lipinski definition) is 6. The lowest BCUT2D eigenvalue weighted by molar-refractivity contribution is 0.125. The first kappa shape index (κ1) is 18.9. The van der Waals surface area contributed by atoms with E-state index >= 15 is 0 Å². The summed E-state index contributed by atoms with van der Waals surface area (Å²) in [5.74, 6) is 1.03. The summed E-state index contributed by atoms with van der Waals surface area (Å²) in [4.78, 5) is 10.5. The second-order valence-electron chi connectivity index (χ2n) is 6.28. The topological polar surface area (TPSA) is 75.6 Å². The first-order valence-corrected chi connectivity index (χ1v) is 10.1. The third-order valence-corrected chi connectivity index (χ3v) is 6.27. The summed E-state index contributed by atoms with van der Waals surface area (Å²) < 4.78 is 33.2. The molecule has 0 aliphatic carbocycles. The lowest BCUT2D eigenvalue weighted by atomic mass is 10.1. The van der Waals surface area contributed by atoms with Crippen LogP contribution in [-0.2, 0) is 10.0 Å².